The highest BCUT2D eigenvalue weighted by atomic mass is 35.5. The van der Waals surface area contributed by atoms with Crippen molar-refractivity contribution in [2.75, 3.05) is 0 Å². The van der Waals surface area contributed by atoms with Crippen molar-refractivity contribution in [2.24, 2.45) is 5.73 Å². The Morgan fingerprint density at radius 2 is 2.14 bits per heavy atom. The van der Waals surface area contributed by atoms with Gasteiger partial charge in [-0.05, 0) is 6.07 Å². The third-order valence-corrected chi connectivity index (χ3v) is 1.81. The van der Waals surface area contributed by atoms with Crippen LogP contribution in [0.25, 0.3) is 10.9 Å². The zero-order valence-corrected chi connectivity index (χ0v) is 8.79. The highest BCUT2D eigenvalue weighted by molar-refractivity contribution is 5.85. The molecule has 14 heavy (non-hydrogen) atoms. The number of fused-ring (bicyclic) bond motifs is 1. The van der Waals surface area contributed by atoms with Gasteiger partial charge in [-0.1, -0.05) is 0 Å². The lowest BCUT2D eigenvalue weighted by atomic mass is 10.3. The van der Waals surface area contributed by atoms with Crippen LogP contribution in [0.1, 0.15) is 5.69 Å². The fraction of sp³-hybridized carbons (Fsp3) is 0.125. The van der Waals surface area contributed by atoms with Crippen LogP contribution in [-0.2, 0) is 6.54 Å². The summed E-state index contributed by atoms with van der Waals surface area (Å²) in [4.78, 5) is 6.69. The molecule has 0 aliphatic rings. The molecule has 0 aliphatic carbocycles. The van der Waals surface area contributed by atoms with Gasteiger partial charge in [-0.2, -0.15) is 0 Å². The van der Waals surface area contributed by atoms with E-state index in [0.717, 1.165) is 5.52 Å². The predicted molar refractivity (Wildman–Crippen MR) is 58.4 cm³/mol. The van der Waals surface area contributed by atoms with Gasteiger partial charge in [0.15, 0.2) is 5.82 Å². The van der Waals surface area contributed by atoms with Gasteiger partial charge in [0.25, 0.3) is 0 Å². The number of halogens is 3. The second-order valence-electron chi connectivity index (χ2n) is 2.54. The third-order valence-electron chi connectivity index (χ3n) is 1.81. The summed E-state index contributed by atoms with van der Waals surface area (Å²) in [6.07, 6.45) is 3.10. The van der Waals surface area contributed by atoms with Crippen molar-refractivity contribution >= 4 is 35.7 Å². The van der Waals surface area contributed by atoms with Crippen molar-refractivity contribution < 1.29 is 4.39 Å². The highest BCUT2D eigenvalue weighted by Gasteiger charge is 2.08. The average Bonchev–Trinajstić information content (AvgIpc) is 2.44. The number of pyridine rings is 1. The summed E-state index contributed by atoms with van der Waals surface area (Å²) < 4.78 is 13.3. The number of hydrogen-bond acceptors (Lipinski definition) is 2. The van der Waals surface area contributed by atoms with E-state index in [1.807, 2.05) is 0 Å². The largest absolute Gasteiger partial charge is 0.355 e. The summed E-state index contributed by atoms with van der Waals surface area (Å²) in [6.45, 7) is 0.181. The van der Waals surface area contributed by atoms with Gasteiger partial charge in [0.2, 0.25) is 0 Å². The first-order valence-corrected chi connectivity index (χ1v) is 3.63. The van der Waals surface area contributed by atoms with Gasteiger partial charge in [0.1, 0.15) is 0 Å². The van der Waals surface area contributed by atoms with Crippen LogP contribution in [-0.4, -0.2) is 9.97 Å². The molecule has 0 saturated carbocycles. The minimum absolute atomic E-state index is 0. The van der Waals surface area contributed by atoms with Gasteiger partial charge in [0.05, 0.1) is 16.6 Å². The summed E-state index contributed by atoms with van der Waals surface area (Å²) >= 11 is 0. The molecule has 0 unspecified atom stereocenters. The first-order chi connectivity index (χ1) is 5.83. The SMILES string of the molecule is Cl.Cl.NCc1[nH]c2ccncc2c1F. The Morgan fingerprint density at radius 1 is 1.43 bits per heavy atom. The first-order valence-electron chi connectivity index (χ1n) is 3.63. The monoisotopic (exact) mass is 237 g/mol. The quantitative estimate of drug-likeness (QED) is 0.798. The maximum Gasteiger partial charge on any atom is 0.154 e. The van der Waals surface area contributed by atoms with Crippen LogP contribution in [0.4, 0.5) is 4.39 Å². The van der Waals surface area contributed by atoms with E-state index in [-0.39, 0.29) is 37.2 Å². The number of nitrogens with zero attached hydrogens (tertiary/aromatic N) is 1. The van der Waals surface area contributed by atoms with Crippen LogP contribution >= 0.6 is 24.8 Å². The van der Waals surface area contributed by atoms with Crippen molar-refractivity contribution in [3.05, 3.63) is 30.0 Å². The van der Waals surface area contributed by atoms with Crippen molar-refractivity contribution in [3.63, 3.8) is 0 Å². The highest BCUT2D eigenvalue weighted by Crippen LogP contribution is 2.18. The van der Waals surface area contributed by atoms with E-state index in [0.29, 0.717) is 11.1 Å². The molecule has 0 fully saturated rings. The van der Waals surface area contributed by atoms with E-state index in [9.17, 15) is 4.39 Å². The van der Waals surface area contributed by atoms with Crippen LogP contribution in [0.2, 0.25) is 0 Å². The van der Waals surface area contributed by atoms with Crippen molar-refractivity contribution in [1.82, 2.24) is 9.97 Å². The molecule has 0 aliphatic heterocycles. The Labute approximate surface area is 92.7 Å². The lowest BCUT2D eigenvalue weighted by molar-refractivity contribution is 0.620. The van der Waals surface area contributed by atoms with Gasteiger partial charge in [-0.3, -0.25) is 4.98 Å². The van der Waals surface area contributed by atoms with Crippen molar-refractivity contribution in [1.29, 1.82) is 0 Å². The minimum atomic E-state index is -0.291. The topological polar surface area (TPSA) is 54.7 Å². The zero-order chi connectivity index (χ0) is 8.55. The van der Waals surface area contributed by atoms with Gasteiger partial charge < -0.3 is 10.7 Å². The molecule has 0 radical (unpaired) electrons. The Balaban J connectivity index is 0.000000845. The van der Waals surface area contributed by atoms with Crippen LogP contribution in [0.3, 0.4) is 0 Å². The first kappa shape index (κ1) is 13.2. The number of aromatic amines is 1. The third kappa shape index (κ3) is 1.97. The van der Waals surface area contributed by atoms with Gasteiger partial charge in [-0.25, -0.2) is 4.39 Å². The Morgan fingerprint density at radius 3 is 2.71 bits per heavy atom. The molecule has 2 aromatic rings. The number of hydrogen-bond donors (Lipinski definition) is 2. The summed E-state index contributed by atoms with van der Waals surface area (Å²) in [7, 11) is 0. The number of rotatable bonds is 1. The smallest absolute Gasteiger partial charge is 0.154 e. The molecule has 0 atom stereocenters. The molecule has 78 valence electrons. The van der Waals surface area contributed by atoms with E-state index in [1.54, 1.807) is 12.3 Å². The lowest BCUT2D eigenvalue weighted by Gasteiger charge is -1.87. The van der Waals surface area contributed by atoms with Crippen LogP contribution in [0.5, 0.6) is 0 Å². The van der Waals surface area contributed by atoms with Gasteiger partial charge >= 0.3 is 0 Å². The maximum absolute atomic E-state index is 13.3. The van der Waals surface area contributed by atoms with Crippen molar-refractivity contribution in [2.45, 2.75) is 6.54 Å². The summed E-state index contributed by atoms with van der Waals surface area (Å²) in [5.74, 6) is -0.291. The van der Waals surface area contributed by atoms with E-state index in [4.69, 9.17) is 5.73 Å². The summed E-state index contributed by atoms with van der Waals surface area (Å²) in [6, 6.07) is 1.72. The molecular weight excluding hydrogens is 228 g/mol. The average molecular weight is 238 g/mol. The maximum atomic E-state index is 13.3. The molecule has 0 saturated heterocycles. The van der Waals surface area contributed by atoms with E-state index in [1.165, 1.54) is 6.20 Å². The fourth-order valence-electron chi connectivity index (χ4n) is 1.20. The van der Waals surface area contributed by atoms with Crippen LogP contribution in [0.15, 0.2) is 18.5 Å². The molecule has 0 bridgehead atoms. The molecular formula is C8H10Cl2FN3. The van der Waals surface area contributed by atoms with Crippen LogP contribution < -0.4 is 5.73 Å². The summed E-state index contributed by atoms with van der Waals surface area (Å²) in [5, 5.41) is 0.498. The molecule has 2 rings (SSSR count). The predicted octanol–water partition coefficient (Wildman–Crippen LogP) is 2.00. The van der Waals surface area contributed by atoms with E-state index < -0.39 is 0 Å². The molecule has 0 spiro atoms. The number of nitrogens with one attached hydrogen (secondary N) is 1. The molecule has 0 amide bonds. The molecule has 2 heterocycles. The number of aromatic nitrogens is 2. The summed E-state index contributed by atoms with van der Waals surface area (Å²) in [5.41, 5.74) is 6.49. The lowest BCUT2D eigenvalue weighted by Crippen LogP contribution is -1.98. The van der Waals surface area contributed by atoms with Crippen LogP contribution in [0, 0.1) is 5.82 Å². The molecule has 3 nitrogen and oxygen atoms in total. The van der Waals surface area contributed by atoms with E-state index in [2.05, 4.69) is 9.97 Å². The van der Waals surface area contributed by atoms with Gasteiger partial charge in [0, 0.05) is 18.9 Å². The Hall–Kier alpha value is -0.840. The minimum Gasteiger partial charge on any atom is -0.355 e. The normalized spacial score (nSPS) is 9.29. The Kier molecular flexibility index (Phi) is 4.83. The molecule has 2 aromatic heterocycles. The molecule has 0 aromatic carbocycles. The number of nitrogens with two attached hydrogens (primary N) is 1. The fourth-order valence-corrected chi connectivity index (χ4v) is 1.20. The standard InChI is InChI=1S/C8H8FN3.2ClH/c9-8-5-4-11-2-1-6(5)12-7(8)3-10;;/h1-2,4,12H,3,10H2;2*1H. The second-order valence-corrected chi connectivity index (χ2v) is 2.54. The number of H-pyrrole nitrogens is 1. The van der Waals surface area contributed by atoms with Gasteiger partial charge in [-0.15, -0.1) is 24.8 Å². The second kappa shape index (κ2) is 5.14. The molecule has 6 heteroatoms. The van der Waals surface area contributed by atoms with Crippen molar-refractivity contribution in [3.8, 4) is 0 Å². The Bertz CT molecular complexity index is 416. The zero-order valence-electron chi connectivity index (χ0n) is 7.16. The molecule has 3 N–H and O–H groups in total. The van der Waals surface area contributed by atoms with E-state index >= 15 is 0 Å².